The lowest BCUT2D eigenvalue weighted by Crippen LogP contribution is -2.20. The second-order valence-corrected chi connectivity index (χ2v) is 6.31. The predicted molar refractivity (Wildman–Crippen MR) is 77.8 cm³/mol. The Bertz CT molecular complexity index is 616. The van der Waals surface area contributed by atoms with Crippen molar-refractivity contribution in [3.8, 4) is 0 Å². The summed E-state index contributed by atoms with van der Waals surface area (Å²) in [6.07, 6.45) is 3.91. The van der Waals surface area contributed by atoms with Gasteiger partial charge in [0.25, 0.3) is 5.91 Å². The number of hydrogen-bond acceptors (Lipinski definition) is 5. The van der Waals surface area contributed by atoms with Gasteiger partial charge >= 0.3 is 0 Å². The number of fused-ring (bicyclic) bond motifs is 1. The maximum atomic E-state index is 11.9. The quantitative estimate of drug-likeness (QED) is 0.571. The molecule has 3 rings (SSSR count). The lowest BCUT2D eigenvalue weighted by molar-refractivity contribution is -0.117. The number of anilines is 1. The van der Waals surface area contributed by atoms with Crippen molar-refractivity contribution < 1.29 is 9.59 Å². The summed E-state index contributed by atoms with van der Waals surface area (Å²) in [7, 11) is 0. The minimum atomic E-state index is -0.485. The monoisotopic (exact) mass is 292 g/mol. The van der Waals surface area contributed by atoms with E-state index in [2.05, 4.69) is 10.4 Å². The van der Waals surface area contributed by atoms with Crippen LogP contribution in [0.25, 0.3) is 0 Å². The number of hydrogen-bond donors (Lipinski definition) is 3. The summed E-state index contributed by atoms with van der Waals surface area (Å²) in [5, 5.41) is 7.18. The van der Waals surface area contributed by atoms with Gasteiger partial charge in [-0.3, -0.25) is 9.59 Å². The van der Waals surface area contributed by atoms with Crippen molar-refractivity contribution in [1.29, 1.82) is 0 Å². The fraction of sp³-hybridized carbons (Fsp3) is 0.462. The van der Waals surface area contributed by atoms with Crippen LogP contribution < -0.4 is 16.9 Å². The minimum absolute atomic E-state index is 0.0150. The Morgan fingerprint density at radius 1 is 1.30 bits per heavy atom. The summed E-state index contributed by atoms with van der Waals surface area (Å²) in [5.74, 6) is 4.92. The first-order chi connectivity index (χ1) is 9.60. The van der Waals surface area contributed by atoms with Crippen LogP contribution in [0.15, 0.2) is 5.10 Å². The third-order valence-electron chi connectivity index (χ3n) is 3.73. The van der Waals surface area contributed by atoms with E-state index in [1.165, 1.54) is 11.3 Å². The standard InChI is InChI=1S/C13H16N4O2S/c14-11(18)10-8-4-3-7(17-15)5-9(8)20-13(10)16-12(19)6-1-2-6/h6H,1-5,15H2,(H2,14,18)(H,16,19). The number of amides is 2. The van der Waals surface area contributed by atoms with Crippen molar-refractivity contribution in [2.45, 2.75) is 32.1 Å². The van der Waals surface area contributed by atoms with Crippen LogP contribution in [0.1, 0.15) is 40.1 Å². The van der Waals surface area contributed by atoms with Crippen LogP contribution in [0.3, 0.4) is 0 Å². The fourth-order valence-corrected chi connectivity index (χ4v) is 3.77. The van der Waals surface area contributed by atoms with Crippen LogP contribution in [-0.2, 0) is 17.6 Å². The van der Waals surface area contributed by atoms with Crippen molar-refractivity contribution in [2.75, 3.05) is 5.32 Å². The molecule has 1 fully saturated rings. The molecule has 2 amide bonds. The van der Waals surface area contributed by atoms with Crippen LogP contribution in [0, 0.1) is 5.92 Å². The van der Waals surface area contributed by atoms with Gasteiger partial charge in [0.2, 0.25) is 5.91 Å². The van der Waals surface area contributed by atoms with E-state index in [1.807, 2.05) is 0 Å². The number of primary amides is 1. The van der Waals surface area contributed by atoms with Gasteiger partial charge < -0.3 is 16.9 Å². The molecule has 7 heteroatoms. The van der Waals surface area contributed by atoms with E-state index in [4.69, 9.17) is 11.6 Å². The molecule has 20 heavy (non-hydrogen) atoms. The molecule has 1 saturated carbocycles. The number of thiophene rings is 1. The molecule has 2 aliphatic rings. The predicted octanol–water partition coefficient (Wildman–Crippen LogP) is 0.999. The van der Waals surface area contributed by atoms with Gasteiger partial charge in [-0.25, -0.2) is 0 Å². The topological polar surface area (TPSA) is 111 Å². The number of nitrogens with one attached hydrogen (secondary N) is 1. The van der Waals surface area contributed by atoms with Crippen LogP contribution in [0.5, 0.6) is 0 Å². The SMILES string of the molecule is NN=C1CCc2c(sc(NC(=O)C3CC3)c2C(N)=O)C1. The normalized spacial score (nSPS) is 19.7. The average molecular weight is 292 g/mol. The van der Waals surface area contributed by atoms with Gasteiger partial charge in [0.15, 0.2) is 0 Å². The highest BCUT2D eigenvalue weighted by molar-refractivity contribution is 7.17. The third kappa shape index (κ3) is 2.29. The second-order valence-electron chi connectivity index (χ2n) is 5.21. The molecule has 0 atom stereocenters. The molecular formula is C13H16N4O2S. The van der Waals surface area contributed by atoms with Crippen molar-refractivity contribution in [3.63, 3.8) is 0 Å². The molecule has 0 aliphatic heterocycles. The molecule has 0 spiro atoms. The first kappa shape index (κ1) is 13.1. The molecule has 106 valence electrons. The van der Waals surface area contributed by atoms with E-state index in [0.29, 0.717) is 23.4 Å². The van der Waals surface area contributed by atoms with Crippen LogP contribution in [0.2, 0.25) is 0 Å². The largest absolute Gasteiger partial charge is 0.365 e. The molecule has 0 aromatic carbocycles. The highest BCUT2D eigenvalue weighted by Gasteiger charge is 2.32. The van der Waals surface area contributed by atoms with E-state index >= 15 is 0 Å². The zero-order valence-corrected chi connectivity index (χ0v) is 11.8. The van der Waals surface area contributed by atoms with Gasteiger partial charge in [-0.05, 0) is 31.2 Å². The Morgan fingerprint density at radius 3 is 2.65 bits per heavy atom. The van der Waals surface area contributed by atoms with E-state index in [0.717, 1.165) is 35.4 Å². The molecule has 0 bridgehead atoms. The minimum Gasteiger partial charge on any atom is -0.365 e. The summed E-state index contributed by atoms with van der Waals surface area (Å²) in [4.78, 5) is 24.6. The number of carbonyl (C=O) groups is 2. The lowest BCUT2D eigenvalue weighted by atomic mass is 9.94. The summed E-state index contributed by atoms with van der Waals surface area (Å²) in [6, 6.07) is 0. The third-order valence-corrected chi connectivity index (χ3v) is 4.88. The van der Waals surface area contributed by atoms with Crippen LogP contribution >= 0.6 is 11.3 Å². The smallest absolute Gasteiger partial charge is 0.251 e. The Hall–Kier alpha value is -1.89. The Morgan fingerprint density at radius 2 is 2.05 bits per heavy atom. The van der Waals surface area contributed by atoms with Gasteiger partial charge in [-0.15, -0.1) is 11.3 Å². The molecule has 1 aromatic heterocycles. The molecule has 6 nitrogen and oxygen atoms in total. The summed E-state index contributed by atoms with van der Waals surface area (Å²) < 4.78 is 0. The number of nitrogens with two attached hydrogens (primary N) is 2. The maximum absolute atomic E-state index is 11.9. The zero-order chi connectivity index (χ0) is 14.3. The van der Waals surface area contributed by atoms with E-state index in [9.17, 15) is 9.59 Å². The van der Waals surface area contributed by atoms with Crippen LogP contribution in [-0.4, -0.2) is 17.5 Å². The van der Waals surface area contributed by atoms with Crippen molar-refractivity contribution in [3.05, 3.63) is 16.0 Å². The first-order valence-electron chi connectivity index (χ1n) is 6.61. The summed E-state index contributed by atoms with van der Waals surface area (Å²) in [5.41, 5.74) is 7.80. The molecule has 0 saturated heterocycles. The number of carbonyl (C=O) groups excluding carboxylic acids is 2. The van der Waals surface area contributed by atoms with E-state index in [1.54, 1.807) is 0 Å². The van der Waals surface area contributed by atoms with Crippen molar-refractivity contribution in [1.82, 2.24) is 0 Å². The molecule has 1 aromatic rings. The first-order valence-corrected chi connectivity index (χ1v) is 7.42. The van der Waals surface area contributed by atoms with Gasteiger partial charge in [-0.2, -0.15) is 5.10 Å². The van der Waals surface area contributed by atoms with Crippen molar-refractivity contribution >= 4 is 33.9 Å². The highest BCUT2D eigenvalue weighted by atomic mass is 32.1. The van der Waals surface area contributed by atoms with Crippen molar-refractivity contribution in [2.24, 2.45) is 22.6 Å². The van der Waals surface area contributed by atoms with E-state index in [-0.39, 0.29) is 11.8 Å². The number of nitrogens with zero attached hydrogens (tertiary/aromatic N) is 1. The Balaban J connectivity index is 1.95. The van der Waals surface area contributed by atoms with Crippen LogP contribution in [0.4, 0.5) is 5.00 Å². The van der Waals surface area contributed by atoms with Gasteiger partial charge in [0.1, 0.15) is 5.00 Å². The van der Waals surface area contributed by atoms with E-state index < -0.39 is 5.91 Å². The Labute approximate surface area is 120 Å². The molecule has 2 aliphatic carbocycles. The molecule has 1 heterocycles. The Kier molecular flexibility index (Phi) is 3.21. The highest BCUT2D eigenvalue weighted by Crippen LogP contribution is 2.39. The summed E-state index contributed by atoms with van der Waals surface area (Å²) in [6.45, 7) is 0. The van der Waals surface area contributed by atoms with Gasteiger partial charge in [0.05, 0.1) is 5.56 Å². The van der Waals surface area contributed by atoms with Gasteiger partial charge in [0, 0.05) is 22.9 Å². The van der Waals surface area contributed by atoms with Gasteiger partial charge in [-0.1, -0.05) is 0 Å². The average Bonchev–Trinajstić information content (AvgIpc) is 3.19. The molecule has 5 N–H and O–H groups in total. The number of rotatable bonds is 3. The fourth-order valence-electron chi connectivity index (χ4n) is 2.48. The molecule has 0 unspecified atom stereocenters. The zero-order valence-electron chi connectivity index (χ0n) is 10.9. The number of hydrazone groups is 1. The summed E-state index contributed by atoms with van der Waals surface area (Å²) >= 11 is 1.41. The second kappa shape index (κ2) is 4.90. The maximum Gasteiger partial charge on any atom is 0.251 e. The molecular weight excluding hydrogens is 276 g/mol. The lowest BCUT2D eigenvalue weighted by Gasteiger charge is -2.13. The molecule has 0 radical (unpaired) electrons.